The normalized spacial score (nSPS) is 14.2. The van der Waals surface area contributed by atoms with Gasteiger partial charge in [-0.05, 0) is 24.3 Å². The molecule has 0 aliphatic carbocycles. The van der Waals surface area contributed by atoms with Crippen molar-refractivity contribution in [2.24, 2.45) is 0 Å². The fraction of sp³-hybridized carbons (Fsp3) is 0.235. The van der Waals surface area contributed by atoms with E-state index >= 15 is 0 Å². The number of halogens is 2. The van der Waals surface area contributed by atoms with Gasteiger partial charge in [0.1, 0.15) is 5.69 Å². The largest absolute Gasteiger partial charge is 0.378 e. The Balaban J connectivity index is 1.77. The molecule has 0 bridgehead atoms. The number of anilines is 1. The van der Waals surface area contributed by atoms with Gasteiger partial charge in [0.15, 0.2) is 0 Å². The highest BCUT2D eigenvalue weighted by atomic mass is 35.5. The lowest BCUT2D eigenvalue weighted by Gasteiger charge is -2.26. The predicted octanol–water partition coefficient (Wildman–Crippen LogP) is 3.11. The number of ether oxygens (including phenoxy) is 1. The van der Waals surface area contributed by atoms with E-state index in [1.54, 1.807) is 23.1 Å². The summed E-state index contributed by atoms with van der Waals surface area (Å²) < 4.78 is 5.23. The fourth-order valence-electron chi connectivity index (χ4n) is 2.41. The summed E-state index contributed by atoms with van der Waals surface area (Å²) in [5.74, 6) is -0.624. The molecule has 2 heterocycles. The van der Waals surface area contributed by atoms with Gasteiger partial charge in [-0.2, -0.15) is 0 Å². The molecule has 0 spiro atoms. The molecule has 1 aromatic carbocycles. The molecular formula is C17H15Cl2N3O3. The van der Waals surface area contributed by atoms with Crippen LogP contribution in [0.4, 0.5) is 5.69 Å². The van der Waals surface area contributed by atoms with Crippen LogP contribution in [0.5, 0.6) is 0 Å². The third-order valence-electron chi connectivity index (χ3n) is 3.74. The lowest BCUT2D eigenvalue weighted by Crippen LogP contribution is -2.41. The first kappa shape index (κ1) is 17.7. The topological polar surface area (TPSA) is 71.5 Å². The minimum Gasteiger partial charge on any atom is -0.378 e. The molecule has 0 unspecified atom stereocenters. The van der Waals surface area contributed by atoms with Crippen molar-refractivity contribution < 1.29 is 14.3 Å². The van der Waals surface area contributed by atoms with E-state index in [0.29, 0.717) is 42.6 Å². The Kier molecular flexibility index (Phi) is 5.53. The maximum Gasteiger partial charge on any atom is 0.272 e. The molecule has 1 aliphatic rings. The van der Waals surface area contributed by atoms with Gasteiger partial charge in [-0.1, -0.05) is 29.3 Å². The zero-order valence-electron chi connectivity index (χ0n) is 13.2. The number of benzene rings is 1. The molecule has 0 radical (unpaired) electrons. The van der Waals surface area contributed by atoms with Crippen LogP contribution < -0.4 is 5.32 Å². The number of hydrogen-bond acceptors (Lipinski definition) is 4. The Morgan fingerprint density at radius 3 is 2.68 bits per heavy atom. The van der Waals surface area contributed by atoms with Crippen LogP contribution in [0.1, 0.15) is 20.8 Å². The number of amides is 2. The molecule has 25 heavy (non-hydrogen) atoms. The van der Waals surface area contributed by atoms with E-state index in [9.17, 15) is 9.59 Å². The van der Waals surface area contributed by atoms with Gasteiger partial charge in [0.05, 0.1) is 28.9 Å². The molecule has 1 aromatic heterocycles. The zero-order valence-corrected chi connectivity index (χ0v) is 14.7. The van der Waals surface area contributed by atoms with Crippen LogP contribution in [-0.4, -0.2) is 48.0 Å². The van der Waals surface area contributed by atoms with Crippen LogP contribution in [-0.2, 0) is 4.74 Å². The first-order valence-corrected chi connectivity index (χ1v) is 8.40. The molecule has 1 aliphatic heterocycles. The van der Waals surface area contributed by atoms with E-state index in [-0.39, 0.29) is 16.6 Å². The van der Waals surface area contributed by atoms with Crippen LogP contribution >= 0.6 is 23.2 Å². The van der Waals surface area contributed by atoms with Gasteiger partial charge in [0.2, 0.25) is 0 Å². The number of nitrogens with zero attached hydrogens (tertiary/aromatic N) is 2. The standard InChI is InChI=1S/C17H15Cl2N3O3/c18-12-2-1-3-13(15(12)19)21-16(23)11-4-5-20-14(10-11)17(24)22-6-8-25-9-7-22/h1-5,10H,6-9H2,(H,21,23). The van der Waals surface area contributed by atoms with Gasteiger partial charge in [-0.25, -0.2) is 0 Å². The summed E-state index contributed by atoms with van der Waals surface area (Å²) in [5, 5.41) is 3.29. The van der Waals surface area contributed by atoms with Gasteiger partial charge in [-0.15, -0.1) is 0 Å². The maximum atomic E-state index is 12.5. The molecule has 6 nitrogen and oxygen atoms in total. The van der Waals surface area contributed by atoms with Gasteiger partial charge >= 0.3 is 0 Å². The summed E-state index contributed by atoms with van der Waals surface area (Å²) in [5.41, 5.74) is 0.923. The predicted molar refractivity (Wildman–Crippen MR) is 95.4 cm³/mol. The quantitative estimate of drug-likeness (QED) is 0.888. The van der Waals surface area contributed by atoms with E-state index in [4.69, 9.17) is 27.9 Å². The number of rotatable bonds is 3. The van der Waals surface area contributed by atoms with Crippen molar-refractivity contribution in [1.82, 2.24) is 9.88 Å². The molecule has 8 heteroatoms. The Bertz CT molecular complexity index is 807. The number of pyridine rings is 1. The highest BCUT2D eigenvalue weighted by Gasteiger charge is 2.21. The van der Waals surface area contributed by atoms with Gasteiger partial charge in [0, 0.05) is 24.8 Å². The minimum absolute atomic E-state index is 0.215. The van der Waals surface area contributed by atoms with E-state index in [2.05, 4.69) is 10.3 Å². The summed E-state index contributed by atoms with van der Waals surface area (Å²) in [6.07, 6.45) is 1.43. The average Bonchev–Trinajstić information content (AvgIpc) is 2.65. The second kappa shape index (κ2) is 7.82. The Hall–Kier alpha value is -2.15. The molecule has 3 rings (SSSR count). The van der Waals surface area contributed by atoms with Crippen molar-refractivity contribution in [2.45, 2.75) is 0 Å². The second-order valence-electron chi connectivity index (χ2n) is 5.39. The Morgan fingerprint density at radius 1 is 1.16 bits per heavy atom. The monoisotopic (exact) mass is 379 g/mol. The molecule has 1 fully saturated rings. The number of aromatic nitrogens is 1. The highest BCUT2D eigenvalue weighted by Crippen LogP contribution is 2.29. The van der Waals surface area contributed by atoms with Gasteiger partial charge < -0.3 is 15.0 Å². The first-order chi connectivity index (χ1) is 12.1. The van der Waals surface area contributed by atoms with Crippen LogP contribution in [0.15, 0.2) is 36.5 Å². The third kappa shape index (κ3) is 4.10. The number of nitrogens with one attached hydrogen (secondary N) is 1. The summed E-state index contributed by atoms with van der Waals surface area (Å²) in [4.78, 5) is 30.6. The third-order valence-corrected chi connectivity index (χ3v) is 4.56. The van der Waals surface area contributed by atoms with Crippen LogP contribution in [0.2, 0.25) is 10.0 Å². The lowest BCUT2D eigenvalue weighted by atomic mass is 10.2. The molecular weight excluding hydrogens is 365 g/mol. The van der Waals surface area contributed by atoms with E-state index in [0.717, 1.165) is 0 Å². The van der Waals surface area contributed by atoms with Gasteiger partial charge in [-0.3, -0.25) is 14.6 Å². The van der Waals surface area contributed by atoms with Crippen molar-refractivity contribution in [3.05, 3.63) is 57.8 Å². The van der Waals surface area contributed by atoms with Crippen molar-refractivity contribution in [3.63, 3.8) is 0 Å². The van der Waals surface area contributed by atoms with Crippen LogP contribution in [0, 0.1) is 0 Å². The first-order valence-electron chi connectivity index (χ1n) is 7.64. The summed E-state index contributed by atoms with van der Waals surface area (Å²) in [7, 11) is 0. The number of hydrogen-bond donors (Lipinski definition) is 1. The molecule has 130 valence electrons. The van der Waals surface area contributed by atoms with Crippen LogP contribution in [0.25, 0.3) is 0 Å². The lowest BCUT2D eigenvalue weighted by molar-refractivity contribution is 0.0299. The SMILES string of the molecule is O=C(Nc1cccc(Cl)c1Cl)c1ccnc(C(=O)N2CCOCC2)c1. The fourth-order valence-corrected chi connectivity index (χ4v) is 2.76. The van der Waals surface area contributed by atoms with E-state index in [1.165, 1.54) is 18.3 Å². The van der Waals surface area contributed by atoms with Crippen molar-refractivity contribution in [2.75, 3.05) is 31.6 Å². The number of carbonyl (C=O) groups excluding carboxylic acids is 2. The van der Waals surface area contributed by atoms with Crippen molar-refractivity contribution in [3.8, 4) is 0 Å². The molecule has 1 saturated heterocycles. The molecule has 2 aromatic rings. The zero-order chi connectivity index (χ0) is 17.8. The Labute approximate surface area is 154 Å². The molecule has 2 amide bonds. The average molecular weight is 380 g/mol. The van der Waals surface area contributed by atoms with E-state index in [1.807, 2.05) is 0 Å². The summed E-state index contributed by atoms with van der Waals surface area (Å²) >= 11 is 12.0. The molecule has 0 atom stereocenters. The number of carbonyl (C=O) groups is 2. The summed E-state index contributed by atoms with van der Waals surface area (Å²) in [6.45, 7) is 2.02. The molecule has 0 saturated carbocycles. The smallest absolute Gasteiger partial charge is 0.272 e. The van der Waals surface area contributed by atoms with Crippen molar-refractivity contribution in [1.29, 1.82) is 0 Å². The highest BCUT2D eigenvalue weighted by molar-refractivity contribution is 6.44. The summed E-state index contributed by atoms with van der Waals surface area (Å²) in [6, 6.07) is 7.96. The maximum absolute atomic E-state index is 12.5. The van der Waals surface area contributed by atoms with E-state index < -0.39 is 5.91 Å². The Morgan fingerprint density at radius 2 is 1.92 bits per heavy atom. The minimum atomic E-state index is -0.400. The number of morpholine rings is 1. The second-order valence-corrected chi connectivity index (χ2v) is 6.17. The van der Waals surface area contributed by atoms with Crippen LogP contribution in [0.3, 0.4) is 0 Å². The van der Waals surface area contributed by atoms with Crippen molar-refractivity contribution >= 4 is 40.7 Å². The molecule has 1 N–H and O–H groups in total. The van der Waals surface area contributed by atoms with Gasteiger partial charge in [0.25, 0.3) is 11.8 Å².